The molecule has 3 N–H and O–H groups in total. The van der Waals surface area contributed by atoms with E-state index in [2.05, 4.69) is 21.0 Å². The highest BCUT2D eigenvalue weighted by molar-refractivity contribution is 5.95. The zero-order valence-corrected chi connectivity index (χ0v) is 14.1. The van der Waals surface area contributed by atoms with Crippen LogP contribution in [0.2, 0.25) is 0 Å². The van der Waals surface area contributed by atoms with E-state index in [-0.39, 0.29) is 24.7 Å². The first kappa shape index (κ1) is 19.3. The van der Waals surface area contributed by atoms with Crippen LogP contribution in [0.5, 0.6) is 0 Å². The highest BCUT2D eigenvalue weighted by Crippen LogP contribution is 2.34. The minimum atomic E-state index is -4.57. The standard InChI is InChI=1S/C16H18F3N5O2/c1-10-11(9-24(2)23-10)14(25)20-7-8-21-15(26)22-13-6-4-3-5-12(13)16(17,18)19/h3-6,9H,7-8H2,1-2H3,(H,20,25)(H2,21,22,26). The molecule has 0 saturated heterocycles. The number of aryl methyl sites for hydroxylation is 2. The van der Waals surface area contributed by atoms with Gasteiger partial charge in [-0.3, -0.25) is 9.48 Å². The number of amides is 3. The van der Waals surface area contributed by atoms with Crippen molar-refractivity contribution in [1.29, 1.82) is 0 Å². The third-order valence-corrected chi connectivity index (χ3v) is 3.43. The number of nitrogens with zero attached hydrogens (tertiary/aromatic N) is 2. The molecule has 140 valence electrons. The number of aromatic nitrogens is 2. The number of nitrogens with one attached hydrogen (secondary N) is 3. The maximum atomic E-state index is 12.9. The molecule has 0 aliphatic carbocycles. The Morgan fingerprint density at radius 1 is 1.15 bits per heavy atom. The van der Waals surface area contributed by atoms with Gasteiger partial charge in [-0.15, -0.1) is 0 Å². The first-order chi connectivity index (χ1) is 12.2. The molecule has 1 heterocycles. The normalized spacial score (nSPS) is 11.1. The van der Waals surface area contributed by atoms with E-state index in [4.69, 9.17) is 0 Å². The summed E-state index contributed by atoms with van der Waals surface area (Å²) in [5, 5.41) is 11.2. The van der Waals surface area contributed by atoms with Gasteiger partial charge in [0.1, 0.15) is 0 Å². The van der Waals surface area contributed by atoms with Gasteiger partial charge in [-0.2, -0.15) is 18.3 Å². The third kappa shape index (κ3) is 4.98. The highest BCUT2D eigenvalue weighted by Gasteiger charge is 2.33. The van der Waals surface area contributed by atoms with Gasteiger partial charge in [0.05, 0.1) is 22.5 Å². The predicted molar refractivity (Wildman–Crippen MR) is 88.7 cm³/mol. The van der Waals surface area contributed by atoms with E-state index in [9.17, 15) is 22.8 Å². The molecular weight excluding hydrogens is 351 g/mol. The summed E-state index contributed by atoms with van der Waals surface area (Å²) >= 11 is 0. The minimum absolute atomic E-state index is 0.0467. The van der Waals surface area contributed by atoms with Gasteiger partial charge in [0.2, 0.25) is 0 Å². The first-order valence-electron chi connectivity index (χ1n) is 7.68. The van der Waals surface area contributed by atoms with Crippen molar-refractivity contribution in [2.45, 2.75) is 13.1 Å². The van der Waals surface area contributed by atoms with Gasteiger partial charge < -0.3 is 16.0 Å². The molecule has 1 aromatic carbocycles. The lowest BCUT2D eigenvalue weighted by Gasteiger charge is -2.14. The van der Waals surface area contributed by atoms with Crippen LogP contribution >= 0.6 is 0 Å². The van der Waals surface area contributed by atoms with E-state index in [0.717, 1.165) is 12.1 Å². The lowest BCUT2D eigenvalue weighted by Crippen LogP contribution is -2.37. The topological polar surface area (TPSA) is 88.1 Å². The largest absolute Gasteiger partial charge is 0.418 e. The maximum absolute atomic E-state index is 12.9. The molecule has 0 bridgehead atoms. The maximum Gasteiger partial charge on any atom is 0.418 e. The average molecular weight is 369 g/mol. The summed E-state index contributed by atoms with van der Waals surface area (Å²) in [6, 6.07) is 3.87. The summed E-state index contributed by atoms with van der Waals surface area (Å²) in [6.07, 6.45) is -3.00. The van der Waals surface area contributed by atoms with Crippen LogP contribution in [0, 0.1) is 6.92 Å². The molecule has 0 unspecified atom stereocenters. The molecule has 0 aliphatic rings. The number of carbonyl (C=O) groups excluding carboxylic acids is 2. The number of halogens is 3. The first-order valence-corrected chi connectivity index (χ1v) is 7.68. The van der Waals surface area contributed by atoms with E-state index in [0.29, 0.717) is 11.3 Å². The van der Waals surface area contributed by atoms with Gasteiger partial charge in [-0.05, 0) is 19.1 Å². The van der Waals surface area contributed by atoms with E-state index in [1.54, 1.807) is 20.2 Å². The molecule has 2 aromatic rings. The smallest absolute Gasteiger partial charge is 0.350 e. The Labute approximate surface area is 147 Å². The number of carbonyl (C=O) groups is 2. The highest BCUT2D eigenvalue weighted by atomic mass is 19.4. The molecule has 10 heteroatoms. The molecule has 7 nitrogen and oxygen atoms in total. The van der Waals surface area contributed by atoms with Gasteiger partial charge in [0.15, 0.2) is 0 Å². The lowest BCUT2D eigenvalue weighted by atomic mass is 10.1. The van der Waals surface area contributed by atoms with Gasteiger partial charge >= 0.3 is 12.2 Å². The van der Waals surface area contributed by atoms with Crippen LogP contribution in [0.25, 0.3) is 0 Å². The Morgan fingerprint density at radius 3 is 2.42 bits per heavy atom. The van der Waals surface area contributed by atoms with Crippen LogP contribution in [0.15, 0.2) is 30.5 Å². The molecule has 2 rings (SSSR count). The number of para-hydroxylation sites is 1. The molecule has 0 aliphatic heterocycles. The fraction of sp³-hybridized carbons (Fsp3) is 0.312. The average Bonchev–Trinajstić information content (AvgIpc) is 2.89. The molecule has 0 atom stereocenters. The lowest BCUT2D eigenvalue weighted by molar-refractivity contribution is -0.136. The number of alkyl halides is 3. The molecule has 0 saturated carbocycles. The van der Waals surface area contributed by atoms with Crippen molar-refractivity contribution in [3.8, 4) is 0 Å². The van der Waals surface area contributed by atoms with E-state index >= 15 is 0 Å². The Bertz CT molecular complexity index is 801. The molecular formula is C16H18F3N5O2. The Balaban J connectivity index is 1.81. The number of anilines is 1. The number of benzene rings is 1. The second kappa shape index (κ2) is 7.89. The molecule has 1 aromatic heterocycles. The summed E-state index contributed by atoms with van der Waals surface area (Å²) < 4.78 is 40.1. The van der Waals surface area contributed by atoms with Gasteiger partial charge in [-0.1, -0.05) is 12.1 Å². The zero-order valence-electron chi connectivity index (χ0n) is 14.1. The second-order valence-electron chi connectivity index (χ2n) is 5.48. The number of hydrogen-bond donors (Lipinski definition) is 3. The van der Waals surface area contributed by atoms with Crippen LogP contribution in [0.4, 0.5) is 23.7 Å². The van der Waals surface area contributed by atoms with Crippen LogP contribution in [0.3, 0.4) is 0 Å². The van der Waals surface area contributed by atoms with E-state index in [1.165, 1.54) is 16.8 Å². The van der Waals surface area contributed by atoms with Gasteiger partial charge in [-0.25, -0.2) is 4.79 Å². The third-order valence-electron chi connectivity index (χ3n) is 3.43. The van der Waals surface area contributed by atoms with Crippen molar-refractivity contribution in [2.75, 3.05) is 18.4 Å². The van der Waals surface area contributed by atoms with E-state index in [1.807, 2.05) is 0 Å². The van der Waals surface area contributed by atoms with Crippen molar-refractivity contribution < 1.29 is 22.8 Å². The molecule has 0 fully saturated rings. The van der Waals surface area contributed by atoms with Crippen LogP contribution in [-0.4, -0.2) is 34.8 Å². The minimum Gasteiger partial charge on any atom is -0.350 e. The van der Waals surface area contributed by atoms with Crippen molar-refractivity contribution in [3.63, 3.8) is 0 Å². The summed E-state index contributed by atoms with van der Waals surface area (Å²) in [7, 11) is 1.69. The van der Waals surface area contributed by atoms with Crippen molar-refractivity contribution in [1.82, 2.24) is 20.4 Å². The molecule has 26 heavy (non-hydrogen) atoms. The monoisotopic (exact) mass is 369 g/mol. The zero-order chi connectivity index (χ0) is 19.3. The van der Waals surface area contributed by atoms with Crippen molar-refractivity contribution in [3.05, 3.63) is 47.3 Å². The fourth-order valence-corrected chi connectivity index (χ4v) is 2.28. The number of rotatable bonds is 5. The quantitative estimate of drug-likeness (QED) is 0.707. The SMILES string of the molecule is Cc1nn(C)cc1C(=O)NCCNC(=O)Nc1ccccc1C(F)(F)F. The van der Waals surface area contributed by atoms with Gasteiger partial charge in [0.25, 0.3) is 5.91 Å². The second-order valence-corrected chi connectivity index (χ2v) is 5.48. The van der Waals surface area contributed by atoms with E-state index < -0.39 is 17.8 Å². The molecule has 0 radical (unpaired) electrons. The van der Waals surface area contributed by atoms with Crippen LogP contribution in [-0.2, 0) is 13.2 Å². The Hall–Kier alpha value is -3.04. The van der Waals surface area contributed by atoms with Crippen LogP contribution in [0.1, 0.15) is 21.6 Å². The predicted octanol–water partition coefficient (Wildman–Crippen LogP) is 2.30. The molecule has 0 spiro atoms. The fourth-order valence-electron chi connectivity index (χ4n) is 2.28. The summed E-state index contributed by atoms with van der Waals surface area (Å²) in [4.78, 5) is 23.7. The van der Waals surface area contributed by atoms with Crippen LogP contribution < -0.4 is 16.0 Å². The number of urea groups is 1. The number of hydrogen-bond acceptors (Lipinski definition) is 3. The van der Waals surface area contributed by atoms with Crippen molar-refractivity contribution >= 4 is 17.6 Å². The summed E-state index contributed by atoms with van der Waals surface area (Å²) in [5.74, 6) is -0.347. The van der Waals surface area contributed by atoms with Gasteiger partial charge in [0, 0.05) is 26.3 Å². The Kier molecular flexibility index (Phi) is 5.86. The molecule has 3 amide bonds. The van der Waals surface area contributed by atoms with Crippen molar-refractivity contribution in [2.24, 2.45) is 7.05 Å². The summed E-state index contributed by atoms with van der Waals surface area (Å²) in [5.41, 5.74) is -0.293. The Morgan fingerprint density at radius 2 is 1.81 bits per heavy atom. The summed E-state index contributed by atoms with van der Waals surface area (Å²) in [6.45, 7) is 1.85.